The molecule has 1 heterocycles. The molecular weight excluding hydrogens is 324 g/mol. The molecule has 0 spiro atoms. The van der Waals surface area contributed by atoms with Crippen LogP contribution >= 0.6 is 11.6 Å². The summed E-state index contributed by atoms with van der Waals surface area (Å²) in [6, 6.07) is 7.92. The van der Waals surface area contributed by atoms with Crippen LogP contribution in [0.4, 0.5) is 0 Å². The van der Waals surface area contributed by atoms with E-state index in [0.29, 0.717) is 26.2 Å². The predicted molar refractivity (Wildman–Crippen MR) is 98.3 cm³/mol. The second-order valence-electron chi connectivity index (χ2n) is 6.39. The van der Waals surface area contributed by atoms with Crippen molar-refractivity contribution in [3.8, 4) is 0 Å². The topological polar surface area (TPSA) is 41.6 Å². The van der Waals surface area contributed by atoms with Gasteiger partial charge in [0.15, 0.2) is 0 Å². The minimum absolute atomic E-state index is 0.150. The molecule has 1 aliphatic heterocycles. The number of amides is 1. The zero-order valence-corrected chi connectivity index (χ0v) is 15.7. The average molecular weight is 353 g/mol. The van der Waals surface area contributed by atoms with Crippen LogP contribution in [0.5, 0.6) is 0 Å². The number of benzene rings is 1. The highest BCUT2D eigenvalue weighted by Crippen LogP contribution is 2.29. The van der Waals surface area contributed by atoms with Crippen molar-refractivity contribution in [3.63, 3.8) is 0 Å². The molecule has 0 saturated carbocycles. The second-order valence-corrected chi connectivity index (χ2v) is 6.83. The number of nitrogens with one attached hydrogen (secondary N) is 1. The van der Waals surface area contributed by atoms with Crippen LogP contribution in [0.15, 0.2) is 24.3 Å². The SMILES string of the molecule is CCC1CN(C(=O)CNC(CC)(CC)c2ccc(Cl)cc2)CCO1. The Labute approximate surface area is 150 Å². The molecule has 1 saturated heterocycles. The Morgan fingerprint density at radius 2 is 1.96 bits per heavy atom. The van der Waals surface area contributed by atoms with Gasteiger partial charge in [0.25, 0.3) is 0 Å². The first-order valence-electron chi connectivity index (χ1n) is 8.95. The van der Waals surface area contributed by atoms with Crippen molar-refractivity contribution >= 4 is 17.5 Å². The lowest BCUT2D eigenvalue weighted by Gasteiger charge is -2.36. The molecule has 1 unspecified atom stereocenters. The Morgan fingerprint density at radius 1 is 1.29 bits per heavy atom. The van der Waals surface area contributed by atoms with Gasteiger partial charge >= 0.3 is 0 Å². The van der Waals surface area contributed by atoms with E-state index in [1.807, 2.05) is 17.0 Å². The van der Waals surface area contributed by atoms with E-state index in [2.05, 4.69) is 38.2 Å². The average Bonchev–Trinajstić information content (AvgIpc) is 2.64. The minimum atomic E-state index is -0.198. The molecule has 1 aromatic carbocycles. The van der Waals surface area contributed by atoms with E-state index in [0.717, 1.165) is 24.3 Å². The molecule has 1 amide bonds. The number of ether oxygens (including phenoxy) is 1. The molecular formula is C19H29ClN2O2. The monoisotopic (exact) mass is 352 g/mol. The lowest BCUT2D eigenvalue weighted by molar-refractivity contribution is -0.138. The molecule has 2 rings (SSSR count). The third kappa shape index (κ3) is 4.50. The van der Waals surface area contributed by atoms with Crippen LogP contribution in [0, 0.1) is 0 Å². The fraction of sp³-hybridized carbons (Fsp3) is 0.632. The maximum absolute atomic E-state index is 12.6. The summed E-state index contributed by atoms with van der Waals surface area (Å²) in [4.78, 5) is 14.5. The first kappa shape index (κ1) is 19.2. The van der Waals surface area contributed by atoms with Crippen molar-refractivity contribution in [2.45, 2.75) is 51.7 Å². The summed E-state index contributed by atoms with van der Waals surface area (Å²) in [6.07, 6.45) is 2.94. The fourth-order valence-electron chi connectivity index (χ4n) is 3.33. The Balaban J connectivity index is 2.03. The van der Waals surface area contributed by atoms with Crippen LogP contribution in [0.2, 0.25) is 5.02 Å². The van der Waals surface area contributed by atoms with Gasteiger partial charge in [-0.25, -0.2) is 0 Å². The van der Waals surface area contributed by atoms with Crippen LogP contribution in [0.1, 0.15) is 45.6 Å². The van der Waals surface area contributed by atoms with Gasteiger partial charge in [-0.1, -0.05) is 44.5 Å². The zero-order valence-electron chi connectivity index (χ0n) is 15.0. The number of hydrogen-bond donors (Lipinski definition) is 1. The molecule has 0 bridgehead atoms. The van der Waals surface area contributed by atoms with Gasteiger partial charge in [0.2, 0.25) is 5.91 Å². The molecule has 5 heteroatoms. The van der Waals surface area contributed by atoms with E-state index in [9.17, 15) is 4.79 Å². The van der Waals surface area contributed by atoms with E-state index in [1.54, 1.807) is 0 Å². The van der Waals surface area contributed by atoms with E-state index < -0.39 is 0 Å². The third-order valence-electron chi connectivity index (χ3n) is 5.13. The molecule has 0 radical (unpaired) electrons. The summed E-state index contributed by atoms with van der Waals surface area (Å²) < 4.78 is 5.65. The standard InChI is InChI=1S/C19H29ClN2O2/c1-4-17-14-22(11-12-24-17)18(23)13-21-19(5-2,6-3)15-7-9-16(20)10-8-15/h7-10,17,21H,4-6,11-14H2,1-3H3. The van der Waals surface area contributed by atoms with Gasteiger partial charge in [-0.2, -0.15) is 0 Å². The van der Waals surface area contributed by atoms with Crippen LogP contribution in [0.25, 0.3) is 0 Å². The van der Waals surface area contributed by atoms with Crippen molar-refractivity contribution in [3.05, 3.63) is 34.9 Å². The quantitative estimate of drug-likeness (QED) is 0.815. The number of carbonyl (C=O) groups is 1. The van der Waals surface area contributed by atoms with Crippen LogP contribution in [0.3, 0.4) is 0 Å². The van der Waals surface area contributed by atoms with Gasteiger partial charge in [0.1, 0.15) is 0 Å². The van der Waals surface area contributed by atoms with E-state index >= 15 is 0 Å². The Morgan fingerprint density at radius 3 is 2.54 bits per heavy atom. The van der Waals surface area contributed by atoms with Gasteiger partial charge in [-0.15, -0.1) is 0 Å². The van der Waals surface area contributed by atoms with Gasteiger partial charge in [0.05, 0.1) is 19.3 Å². The number of rotatable bonds is 7. The highest BCUT2D eigenvalue weighted by atomic mass is 35.5. The second kappa shape index (κ2) is 8.84. The van der Waals surface area contributed by atoms with Gasteiger partial charge in [-0.05, 0) is 37.0 Å². The summed E-state index contributed by atoms with van der Waals surface area (Å²) in [5.74, 6) is 0.150. The number of nitrogens with zero attached hydrogens (tertiary/aromatic N) is 1. The summed E-state index contributed by atoms with van der Waals surface area (Å²) in [5, 5.41) is 4.25. The smallest absolute Gasteiger partial charge is 0.236 e. The molecule has 134 valence electrons. The molecule has 4 nitrogen and oxygen atoms in total. The lowest BCUT2D eigenvalue weighted by Crippen LogP contribution is -2.51. The maximum Gasteiger partial charge on any atom is 0.236 e. The molecule has 0 aliphatic carbocycles. The van der Waals surface area contributed by atoms with E-state index in [4.69, 9.17) is 16.3 Å². The number of hydrogen-bond acceptors (Lipinski definition) is 3. The van der Waals surface area contributed by atoms with E-state index in [1.165, 1.54) is 5.56 Å². The maximum atomic E-state index is 12.6. The summed E-state index contributed by atoms with van der Waals surface area (Å²) in [5.41, 5.74) is 0.981. The Kier molecular flexibility index (Phi) is 7.08. The van der Waals surface area contributed by atoms with Gasteiger partial charge in [0, 0.05) is 23.7 Å². The van der Waals surface area contributed by atoms with Crippen LogP contribution in [-0.4, -0.2) is 43.2 Å². The summed E-state index contributed by atoms with van der Waals surface area (Å²) in [6.45, 7) is 8.76. The molecule has 1 fully saturated rings. The van der Waals surface area contributed by atoms with E-state index in [-0.39, 0.29) is 17.6 Å². The molecule has 24 heavy (non-hydrogen) atoms. The normalized spacial score (nSPS) is 18.7. The van der Waals surface area contributed by atoms with Crippen molar-refractivity contribution in [2.24, 2.45) is 0 Å². The number of halogens is 1. The first-order chi connectivity index (χ1) is 11.5. The van der Waals surface area contributed by atoms with Crippen molar-refractivity contribution in [1.29, 1.82) is 0 Å². The molecule has 1 atom stereocenters. The predicted octanol–water partition coefficient (Wildman–Crippen LogP) is 3.58. The highest BCUT2D eigenvalue weighted by Gasteiger charge is 2.30. The summed E-state index contributed by atoms with van der Waals surface area (Å²) in [7, 11) is 0. The van der Waals surface area contributed by atoms with Crippen molar-refractivity contribution < 1.29 is 9.53 Å². The first-order valence-corrected chi connectivity index (χ1v) is 9.32. The van der Waals surface area contributed by atoms with Crippen molar-refractivity contribution in [1.82, 2.24) is 10.2 Å². The Bertz CT molecular complexity index is 529. The zero-order chi connectivity index (χ0) is 17.6. The lowest BCUT2D eigenvalue weighted by atomic mass is 9.84. The van der Waals surface area contributed by atoms with Crippen LogP contribution in [-0.2, 0) is 15.1 Å². The fourth-order valence-corrected chi connectivity index (χ4v) is 3.45. The Hall–Kier alpha value is -1.10. The van der Waals surface area contributed by atoms with Gasteiger partial charge in [-0.3, -0.25) is 10.1 Å². The highest BCUT2D eigenvalue weighted by molar-refractivity contribution is 6.30. The number of carbonyl (C=O) groups excluding carboxylic acids is 1. The van der Waals surface area contributed by atoms with Crippen molar-refractivity contribution in [2.75, 3.05) is 26.2 Å². The molecule has 1 aliphatic rings. The number of morpholine rings is 1. The largest absolute Gasteiger partial charge is 0.375 e. The summed E-state index contributed by atoms with van der Waals surface area (Å²) >= 11 is 6.01. The van der Waals surface area contributed by atoms with Gasteiger partial charge < -0.3 is 9.64 Å². The molecule has 0 aromatic heterocycles. The molecule has 1 N–H and O–H groups in total. The molecule has 1 aromatic rings. The van der Waals surface area contributed by atoms with Crippen LogP contribution < -0.4 is 5.32 Å². The minimum Gasteiger partial charge on any atom is -0.375 e. The third-order valence-corrected chi connectivity index (χ3v) is 5.38.